The van der Waals surface area contributed by atoms with Crippen LogP contribution in [0.25, 0.3) is 11.0 Å². The molecule has 3 aromatic rings. The number of fused-ring (bicyclic) bond motifs is 2. The van der Waals surface area contributed by atoms with E-state index in [4.69, 9.17) is 20.8 Å². The lowest BCUT2D eigenvalue weighted by atomic mass is 9.85. The lowest BCUT2D eigenvalue weighted by Crippen LogP contribution is -2.17. The van der Waals surface area contributed by atoms with E-state index in [1.165, 1.54) is 11.3 Å². The number of esters is 1. The maximum absolute atomic E-state index is 12.9. The Hall–Kier alpha value is -2.31. The molecule has 4 rings (SSSR count). The molecule has 152 valence electrons. The highest BCUT2D eigenvalue weighted by atomic mass is 35.5. The standard InChI is InChI=1S/C22H22ClNO4S/c1-3-12-5-7-15-18(9-12)29-21(19(15)22(26)27-4-2)24-20(25)17-11-13-10-14(23)6-8-16(13)28-17/h6,8,10-12H,3-5,7,9H2,1-2H3,(H,24,25). The van der Waals surface area contributed by atoms with Crippen molar-refractivity contribution in [2.75, 3.05) is 11.9 Å². The van der Waals surface area contributed by atoms with Crippen molar-refractivity contribution in [3.8, 4) is 0 Å². The van der Waals surface area contributed by atoms with Crippen LogP contribution in [0.15, 0.2) is 28.7 Å². The van der Waals surface area contributed by atoms with Crippen LogP contribution >= 0.6 is 22.9 Å². The number of nitrogens with one attached hydrogen (secondary N) is 1. The molecule has 1 aliphatic carbocycles. The fourth-order valence-corrected chi connectivity index (χ4v) is 5.33. The van der Waals surface area contributed by atoms with E-state index in [-0.39, 0.29) is 11.7 Å². The molecular formula is C22H22ClNO4S. The zero-order valence-electron chi connectivity index (χ0n) is 16.3. The molecule has 2 aromatic heterocycles. The fourth-order valence-electron chi connectivity index (χ4n) is 3.80. The van der Waals surface area contributed by atoms with Crippen LogP contribution in [0, 0.1) is 5.92 Å². The number of ether oxygens (including phenoxy) is 1. The highest BCUT2D eigenvalue weighted by molar-refractivity contribution is 7.17. The Morgan fingerprint density at radius 3 is 2.90 bits per heavy atom. The van der Waals surface area contributed by atoms with Gasteiger partial charge in [0, 0.05) is 15.3 Å². The summed E-state index contributed by atoms with van der Waals surface area (Å²) in [5.74, 6) is 0.00916. The largest absolute Gasteiger partial charge is 0.462 e. The summed E-state index contributed by atoms with van der Waals surface area (Å²) in [5, 5.41) is 4.75. The van der Waals surface area contributed by atoms with Gasteiger partial charge in [-0.25, -0.2) is 4.79 Å². The molecule has 7 heteroatoms. The first-order chi connectivity index (χ1) is 14.0. The lowest BCUT2D eigenvalue weighted by Gasteiger charge is -2.20. The number of halogens is 1. The average molecular weight is 432 g/mol. The summed E-state index contributed by atoms with van der Waals surface area (Å²) in [5.41, 5.74) is 2.10. The van der Waals surface area contributed by atoms with Crippen molar-refractivity contribution in [1.29, 1.82) is 0 Å². The first-order valence-electron chi connectivity index (χ1n) is 9.82. The van der Waals surface area contributed by atoms with Crippen LogP contribution in [-0.2, 0) is 17.6 Å². The number of amides is 1. The number of hydrogen-bond acceptors (Lipinski definition) is 5. The molecule has 2 heterocycles. The van der Waals surface area contributed by atoms with Gasteiger partial charge < -0.3 is 14.5 Å². The van der Waals surface area contributed by atoms with Gasteiger partial charge in [-0.3, -0.25) is 4.79 Å². The molecule has 1 amide bonds. The van der Waals surface area contributed by atoms with Crippen molar-refractivity contribution in [3.63, 3.8) is 0 Å². The fraction of sp³-hybridized carbons (Fsp3) is 0.364. The normalized spacial score (nSPS) is 15.9. The second-order valence-corrected chi connectivity index (χ2v) is 8.73. The summed E-state index contributed by atoms with van der Waals surface area (Å²) >= 11 is 7.48. The van der Waals surface area contributed by atoms with Crippen LogP contribution in [0.1, 0.15) is 58.0 Å². The van der Waals surface area contributed by atoms with Crippen LogP contribution in [0.2, 0.25) is 5.02 Å². The minimum absolute atomic E-state index is 0.176. The van der Waals surface area contributed by atoms with Gasteiger partial charge in [-0.2, -0.15) is 0 Å². The molecule has 5 nitrogen and oxygen atoms in total. The maximum Gasteiger partial charge on any atom is 0.341 e. The zero-order chi connectivity index (χ0) is 20.5. The monoisotopic (exact) mass is 431 g/mol. The van der Waals surface area contributed by atoms with E-state index in [1.807, 2.05) is 0 Å². The van der Waals surface area contributed by atoms with Gasteiger partial charge in [-0.1, -0.05) is 24.9 Å². The lowest BCUT2D eigenvalue weighted by molar-refractivity contribution is 0.0526. The van der Waals surface area contributed by atoms with E-state index >= 15 is 0 Å². The van der Waals surface area contributed by atoms with Gasteiger partial charge in [0.25, 0.3) is 5.91 Å². The number of rotatable bonds is 5. The van der Waals surface area contributed by atoms with Crippen LogP contribution < -0.4 is 5.32 Å². The second-order valence-electron chi connectivity index (χ2n) is 7.19. The van der Waals surface area contributed by atoms with Gasteiger partial charge in [0.1, 0.15) is 10.6 Å². The first kappa shape index (κ1) is 20.0. The summed E-state index contributed by atoms with van der Waals surface area (Å²) < 4.78 is 10.9. The van der Waals surface area contributed by atoms with E-state index in [0.29, 0.717) is 33.7 Å². The molecule has 0 saturated carbocycles. The van der Waals surface area contributed by atoms with Crippen molar-refractivity contribution in [1.82, 2.24) is 0 Å². The van der Waals surface area contributed by atoms with Crippen molar-refractivity contribution in [2.45, 2.75) is 39.5 Å². The Morgan fingerprint density at radius 1 is 1.31 bits per heavy atom. The number of furan rings is 1. The van der Waals surface area contributed by atoms with E-state index in [2.05, 4.69) is 12.2 Å². The number of carbonyl (C=O) groups excluding carboxylic acids is 2. The number of benzene rings is 1. The van der Waals surface area contributed by atoms with Crippen molar-refractivity contribution in [2.24, 2.45) is 5.92 Å². The minimum Gasteiger partial charge on any atom is -0.462 e. The molecule has 1 aliphatic rings. The SMILES string of the molecule is CCOC(=O)c1c(NC(=O)c2cc3cc(Cl)ccc3o2)sc2c1CCC(CC)C2. The molecule has 29 heavy (non-hydrogen) atoms. The molecule has 0 radical (unpaired) electrons. The third-order valence-corrected chi connectivity index (χ3v) is 6.76. The Morgan fingerprint density at radius 2 is 2.14 bits per heavy atom. The maximum atomic E-state index is 12.9. The Bertz CT molecular complexity index is 1080. The third-order valence-electron chi connectivity index (χ3n) is 5.35. The van der Waals surface area contributed by atoms with Crippen LogP contribution in [0.3, 0.4) is 0 Å². The number of carbonyl (C=O) groups is 2. The second kappa shape index (κ2) is 8.20. The summed E-state index contributed by atoms with van der Waals surface area (Å²) in [6.07, 6.45) is 3.92. The van der Waals surface area contributed by atoms with Gasteiger partial charge >= 0.3 is 5.97 Å². The molecule has 0 fully saturated rings. The van der Waals surface area contributed by atoms with Crippen molar-refractivity contribution < 1.29 is 18.7 Å². The van der Waals surface area contributed by atoms with Crippen molar-refractivity contribution in [3.05, 3.63) is 51.1 Å². The quantitative estimate of drug-likeness (QED) is 0.496. The topological polar surface area (TPSA) is 68.5 Å². The molecule has 1 aromatic carbocycles. The average Bonchev–Trinajstić information content (AvgIpc) is 3.27. The van der Waals surface area contributed by atoms with Gasteiger partial charge in [-0.05, 0) is 61.9 Å². The summed E-state index contributed by atoms with van der Waals surface area (Å²) in [4.78, 5) is 26.7. The van der Waals surface area contributed by atoms with E-state index in [1.54, 1.807) is 31.2 Å². The molecule has 0 spiro atoms. The van der Waals surface area contributed by atoms with Gasteiger partial charge in [0.2, 0.25) is 0 Å². The summed E-state index contributed by atoms with van der Waals surface area (Å²) in [6.45, 7) is 4.26. The molecule has 1 atom stereocenters. The van der Waals surface area contributed by atoms with Crippen LogP contribution in [0.4, 0.5) is 5.00 Å². The molecular weight excluding hydrogens is 410 g/mol. The number of thiophene rings is 1. The Kier molecular flexibility index (Phi) is 5.65. The van der Waals surface area contributed by atoms with E-state index in [0.717, 1.165) is 41.5 Å². The first-order valence-corrected chi connectivity index (χ1v) is 11.0. The Balaban J connectivity index is 1.66. The highest BCUT2D eigenvalue weighted by Gasteiger charge is 2.30. The number of anilines is 1. The van der Waals surface area contributed by atoms with E-state index < -0.39 is 5.91 Å². The van der Waals surface area contributed by atoms with Gasteiger partial charge in [0.05, 0.1) is 12.2 Å². The highest BCUT2D eigenvalue weighted by Crippen LogP contribution is 2.41. The van der Waals surface area contributed by atoms with Gasteiger partial charge in [0.15, 0.2) is 5.76 Å². The summed E-state index contributed by atoms with van der Waals surface area (Å²) in [7, 11) is 0. The van der Waals surface area contributed by atoms with Crippen molar-refractivity contribution >= 4 is 50.8 Å². The third kappa shape index (κ3) is 3.91. The molecule has 1 N–H and O–H groups in total. The molecule has 0 saturated heterocycles. The predicted molar refractivity (Wildman–Crippen MR) is 115 cm³/mol. The zero-order valence-corrected chi connectivity index (χ0v) is 17.9. The number of hydrogen-bond donors (Lipinski definition) is 1. The van der Waals surface area contributed by atoms with E-state index in [9.17, 15) is 9.59 Å². The van der Waals surface area contributed by atoms with Crippen LogP contribution in [-0.4, -0.2) is 18.5 Å². The van der Waals surface area contributed by atoms with Crippen LogP contribution in [0.5, 0.6) is 0 Å². The van der Waals surface area contributed by atoms with Gasteiger partial charge in [-0.15, -0.1) is 11.3 Å². The smallest absolute Gasteiger partial charge is 0.341 e. The summed E-state index contributed by atoms with van der Waals surface area (Å²) in [6, 6.07) is 6.84. The molecule has 0 aliphatic heterocycles. The molecule has 1 unspecified atom stereocenters. The Labute approximate surface area is 178 Å². The predicted octanol–water partition coefficient (Wildman–Crippen LogP) is 6.09. The molecule has 0 bridgehead atoms. The minimum atomic E-state index is -0.395.